The summed E-state index contributed by atoms with van der Waals surface area (Å²) in [6.07, 6.45) is 3.36. The van der Waals surface area contributed by atoms with Crippen molar-refractivity contribution < 1.29 is 4.39 Å². The third-order valence-electron chi connectivity index (χ3n) is 2.11. The minimum absolute atomic E-state index is 0.239. The molecule has 4 heteroatoms. The molecule has 16 heavy (non-hydrogen) atoms. The average molecular weight is 217 g/mol. The van der Waals surface area contributed by atoms with E-state index in [-0.39, 0.29) is 5.82 Å². The smallest absolute Gasteiger partial charge is 0.147 e. The molecule has 1 aromatic carbocycles. The van der Waals surface area contributed by atoms with Crippen LogP contribution < -0.4 is 5.32 Å². The SMILES string of the molecule is Cc1cc(F)cc(NCc2ncccn2)c1. The summed E-state index contributed by atoms with van der Waals surface area (Å²) < 4.78 is 13.1. The topological polar surface area (TPSA) is 37.8 Å². The van der Waals surface area contributed by atoms with Gasteiger partial charge in [0.2, 0.25) is 0 Å². The van der Waals surface area contributed by atoms with E-state index in [1.807, 2.05) is 13.0 Å². The molecule has 0 radical (unpaired) electrons. The Labute approximate surface area is 93.4 Å². The first-order valence-corrected chi connectivity index (χ1v) is 5.01. The molecule has 0 fully saturated rings. The molecule has 3 nitrogen and oxygen atoms in total. The molecule has 0 saturated heterocycles. The van der Waals surface area contributed by atoms with Crippen LogP contribution >= 0.6 is 0 Å². The fourth-order valence-corrected chi connectivity index (χ4v) is 1.44. The van der Waals surface area contributed by atoms with Gasteiger partial charge in [0, 0.05) is 18.1 Å². The molecule has 0 spiro atoms. The van der Waals surface area contributed by atoms with Gasteiger partial charge in [-0.1, -0.05) is 0 Å². The Hall–Kier alpha value is -1.97. The highest BCUT2D eigenvalue weighted by Crippen LogP contribution is 2.13. The lowest BCUT2D eigenvalue weighted by Crippen LogP contribution is -2.03. The molecule has 1 heterocycles. The maximum Gasteiger partial charge on any atom is 0.147 e. The van der Waals surface area contributed by atoms with Gasteiger partial charge in [-0.2, -0.15) is 0 Å². The standard InChI is InChI=1S/C12H12FN3/c1-9-5-10(13)7-11(6-9)16-8-12-14-3-2-4-15-12/h2-7,16H,8H2,1H3. The van der Waals surface area contributed by atoms with E-state index in [9.17, 15) is 4.39 Å². The Balaban J connectivity index is 2.05. The first-order valence-electron chi connectivity index (χ1n) is 5.01. The van der Waals surface area contributed by atoms with Gasteiger partial charge in [-0.15, -0.1) is 0 Å². The van der Waals surface area contributed by atoms with Crippen molar-refractivity contribution in [3.63, 3.8) is 0 Å². The summed E-state index contributed by atoms with van der Waals surface area (Å²) in [6, 6.07) is 6.59. The number of aryl methyl sites for hydroxylation is 1. The van der Waals surface area contributed by atoms with Crippen molar-refractivity contribution >= 4 is 5.69 Å². The van der Waals surface area contributed by atoms with E-state index >= 15 is 0 Å². The number of benzene rings is 1. The van der Waals surface area contributed by atoms with Crippen molar-refractivity contribution in [3.05, 3.63) is 53.9 Å². The number of hydrogen-bond acceptors (Lipinski definition) is 3. The third-order valence-corrected chi connectivity index (χ3v) is 2.11. The number of nitrogens with zero attached hydrogens (tertiary/aromatic N) is 2. The molecule has 0 aliphatic rings. The van der Waals surface area contributed by atoms with Crippen LogP contribution in [-0.4, -0.2) is 9.97 Å². The molecule has 2 aromatic rings. The maximum atomic E-state index is 13.1. The van der Waals surface area contributed by atoms with Crippen molar-refractivity contribution in [1.29, 1.82) is 0 Å². The Morgan fingerprint density at radius 3 is 2.62 bits per heavy atom. The number of anilines is 1. The van der Waals surface area contributed by atoms with Gasteiger partial charge in [0.15, 0.2) is 0 Å². The lowest BCUT2D eigenvalue weighted by Gasteiger charge is -2.06. The Morgan fingerprint density at radius 2 is 1.94 bits per heavy atom. The second-order valence-corrected chi connectivity index (χ2v) is 3.54. The second-order valence-electron chi connectivity index (χ2n) is 3.54. The molecule has 1 aromatic heterocycles. The van der Waals surface area contributed by atoms with Crippen LogP contribution in [0.4, 0.5) is 10.1 Å². The lowest BCUT2D eigenvalue weighted by molar-refractivity contribution is 0.627. The lowest BCUT2D eigenvalue weighted by atomic mass is 10.2. The molecule has 0 saturated carbocycles. The summed E-state index contributed by atoms with van der Waals surface area (Å²) in [5.74, 6) is 0.445. The van der Waals surface area contributed by atoms with Crippen molar-refractivity contribution in [2.75, 3.05) is 5.32 Å². The van der Waals surface area contributed by atoms with Crippen LogP contribution in [0.15, 0.2) is 36.7 Å². The van der Waals surface area contributed by atoms with Gasteiger partial charge in [-0.3, -0.25) is 0 Å². The summed E-state index contributed by atoms with van der Waals surface area (Å²) in [5, 5.41) is 3.08. The summed E-state index contributed by atoms with van der Waals surface area (Å²) >= 11 is 0. The zero-order chi connectivity index (χ0) is 11.4. The monoisotopic (exact) mass is 217 g/mol. The highest BCUT2D eigenvalue weighted by molar-refractivity contribution is 5.45. The molecule has 1 N–H and O–H groups in total. The quantitative estimate of drug-likeness (QED) is 0.858. The fraction of sp³-hybridized carbons (Fsp3) is 0.167. The number of halogens is 1. The first kappa shape index (κ1) is 10.5. The van der Waals surface area contributed by atoms with E-state index in [1.165, 1.54) is 12.1 Å². The Bertz CT molecular complexity index is 451. The molecular weight excluding hydrogens is 205 g/mol. The largest absolute Gasteiger partial charge is 0.378 e. The predicted molar refractivity (Wildman–Crippen MR) is 60.5 cm³/mol. The molecule has 2 rings (SSSR count). The molecule has 82 valence electrons. The fourth-order valence-electron chi connectivity index (χ4n) is 1.44. The normalized spacial score (nSPS) is 10.1. The molecule has 0 bridgehead atoms. The first-order chi connectivity index (χ1) is 7.74. The second kappa shape index (κ2) is 4.70. The van der Waals surface area contributed by atoms with Crippen LogP contribution in [0.25, 0.3) is 0 Å². The van der Waals surface area contributed by atoms with Gasteiger partial charge < -0.3 is 5.32 Å². The van der Waals surface area contributed by atoms with Gasteiger partial charge >= 0.3 is 0 Å². The number of hydrogen-bond donors (Lipinski definition) is 1. The van der Waals surface area contributed by atoms with Crippen LogP contribution in [-0.2, 0) is 6.54 Å². The molecular formula is C12H12FN3. The summed E-state index contributed by atoms with van der Waals surface area (Å²) in [5.41, 5.74) is 1.63. The van der Waals surface area contributed by atoms with Crippen LogP contribution in [0.1, 0.15) is 11.4 Å². The van der Waals surface area contributed by atoms with Gasteiger partial charge in [-0.05, 0) is 36.8 Å². The summed E-state index contributed by atoms with van der Waals surface area (Å²) in [4.78, 5) is 8.14. The van der Waals surface area contributed by atoms with Crippen molar-refractivity contribution in [2.45, 2.75) is 13.5 Å². The number of nitrogens with one attached hydrogen (secondary N) is 1. The number of rotatable bonds is 3. The maximum absolute atomic E-state index is 13.1. The van der Waals surface area contributed by atoms with E-state index in [0.29, 0.717) is 12.4 Å². The van der Waals surface area contributed by atoms with Crippen molar-refractivity contribution in [3.8, 4) is 0 Å². The van der Waals surface area contributed by atoms with E-state index in [0.717, 1.165) is 11.3 Å². The molecule has 0 atom stereocenters. The Morgan fingerprint density at radius 1 is 1.19 bits per heavy atom. The minimum atomic E-state index is -0.239. The summed E-state index contributed by atoms with van der Waals surface area (Å²) in [6.45, 7) is 2.34. The minimum Gasteiger partial charge on any atom is -0.378 e. The van der Waals surface area contributed by atoms with Crippen molar-refractivity contribution in [1.82, 2.24) is 9.97 Å². The van der Waals surface area contributed by atoms with Crippen molar-refractivity contribution in [2.24, 2.45) is 0 Å². The molecule has 0 aliphatic carbocycles. The highest BCUT2D eigenvalue weighted by atomic mass is 19.1. The highest BCUT2D eigenvalue weighted by Gasteiger charge is 1.99. The van der Waals surface area contributed by atoms with Gasteiger partial charge in [-0.25, -0.2) is 14.4 Å². The van der Waals surface area contributed by atoms with Crippen LogP contribution in [0, 0.1) is 12.7 Å². The molecule has 0 unspecified atom stereocenters. The number of aromatic nitrogens is 2. The third kappa shape index (κ3) is 2.76. The van der Waals surface area contributed by atoms with Crippen LogP contribution in [0.3, 0.4) is 0 Å². The van der Waals surface area contributed by atoms with Gasteiger partial charge in [0.1, 0.15) is 11.6 Å². The van der Waals surface area contributed by atoms with Gasteiger partial charge in [0.25, 0.3) is 0 Å². The Kier molecular flexibility index (Phi) is 3.10. The van der Waals surface area contributed by atoms with Gasteiger partial charge in [0.05, 0.1) is 6.54 Å². The van der Waals surface area contributed by atoms with Crippen LogP contribution in [0.2, 0.25) is 0 Å². The van der Waals surface area contributed by atoms with E-state index in [2.05, 4.69) is 15.3 Å². The van der Waals surface area contributed by atoms with E-state index in [1.54, 1.807) is 18.5 Å². The predicted octanol–water partition coefficient (Wildman–Crippen LogP) is 2.54. The zero-order valence-electron chi connectivity index (χ0n) is 8.94. The molecule has 0 aliphatic heterocycles. The van der Waals surface area contributed by atoms with E-state index < -0.39 is 0 Å². The average Bonchev–Trinajstić information content (AvgIpc) is 2.27. The summed E-state index contributed by atoms with van der Waals surface area (Å²) in [7, 11) is 0. The van der Waals surface area contributed by atoms with Crippen LogP contribution in [0.5, 0.6) is 0 Å². The molecule has 0 amide bonds. The zero-order valence-corrected chi connectivity index (χ0v) is 8.94. The van der Waals surface area contributed by atoms with E-state index in [4.69, 9.17) is 0 Å².